The predicted octanol–water partition coefficient (Wildman–Crippen LogP) is 3.21. The first-order valence-corrected chi connectivity index (χ1v) is 7.40. The molecule has 0 saturated heterocycles. The second-order valence-electron chi connectivity index (χ2n) is 4.79. The van der Waals surface area contributed by atoms with Crippen molar-refractivity contribution in [3.8, 4) is 11.5 Å². The summed E-state index contributed by atoms with van der Waals surface area (Å²) in [4.78, 5) is 15.2. The second-order valence-corrected chi connectivity index (χ2v) is 5.93. The van der Waals surface area contributed by atoms with Gasteiger partial charge < -0.3 is 14.7 Å². The summed E-state index contributed by atoms with van der Waals surface area (Å²) in [7, 11) is 3.32. The molecule has 0 aliphatic carbocycles. The number of benzene rings is 2. The van der Waals surface area contributed by atoms with Crippen molar-refractivity contribution >= 4 is 23.4 Å². The number of carbonyl (C=O) groups excluding carboxylic acids is 1. The van der Waals surface area contributed by atoms with Crippen LogP contribution in [0.2, 0.25) is 0 Å². The summed E-state index contributed by atoms with van der Waals surface area (Å²) in [5.41, 5.74) is 1.47. The van der Waals surface area contributed by atoms with Crippen LogP contribution in [0.3, 0.4) is 0 Å². The smallest absolute Gasteiger partial charge is 0.244 e. The number of fused-ring (bicyclic) bond motifs is 1. The van der Waals surface area contributed by atoms with Crippen LogP contribution in [0, 0.1) is 0 Å². The molecule has 2 aromatic carbocycles. The van der Waals surface area contributed by atoms with Crippen molar-refractivity contribution in [1.82, 2.24) is 0 Å². The van der Waals surface area contributed by atoms with Gasteiger partial charge in [0, 0.05) is 17.5 Å². The maximum absolute atomic E-state index is 12.6. The number of methoxy groups -OCH3 is 1. The van der Waals surface area contributed by atoms with Gasteiger partial charge in [-0.3, -0.25) is 4.79 Å². The Hall–Kier alpha value is -2.14. The lowest BCUT2D eigenvalue weighted by Gasteiger charge is -2.31. The van der Waals surface area contributed by atoms with E-state index in [1.807, 2.05) is 24.3 Å². The highest BCUT2D eigenvalue weighted by molar-refractivity contribution is 8.00. The molecule has 0 bridgehead atoms. The van der Waals surface area contributed by atoms with Crippen LogP contribution in [-0.4, -0.2) is 25.2 Å². The summed E-state index contributed by atoms with van der Waals surface area (Å²) < 4.78 is 5.19. The molecule has 3 rings (SSSR count). The van der Waals surface area contributed by atoms with Crippen LogP contribution >= 0.6 is 11.8 Å². The van der Waals surface area contributed by atoms with Crippen LogP contribution < -0.4 is 9.64 Å². The monoisotopic (exact) mass is 301 g/mol. The summed E-state index contributed by atoms with van der Waals surface area (Å²) in [5.74, 6) is 0.675. The van der Waals surface area contributed by atoms with Crippen molar-refractivity contribution in [3.63, 3.8) is 0 Å². The third-order valence-electron chi connectivity index (χ3n) is 3.54. The number of phenols is 1. The fraction of sp³-hybridized carbons (Fsp3) is 0.188. The van der Waals surface area contributed by atoms with Gasteiger partial charge in [0.1, 0.15) is 16.7 Å². The topological polar surface area (TPSA) is 49.8 Å². The largest absolute Gasteiger partial charge is 0.508 e. The molecule has 0 saturated carbocycles. The number of thioether (sulfide) groups is 1. The molecule has 108 valence electrons. The standard InChI is InChI=1S/C16H15NO3S/c1-17-12-5-3-4-6-14(12)21-15(16(17)19)11-9-10(20-2)7-8-13(11)18/h3-9,15,18H,1-2H3/t15-/m0/s1. The number of phenolic OH excluding ortho intramolecular Hbond substituents is 1. The van der Waals surface area contributed by atoms with Crippen LogP contribution in [0.15, 0.2) is 47.4 Å². The maximum Gasteiger partial charge on any atom is 0.244 e. The Balaban J connectivity index is 2.06. The lowest BCUT2D eigenvalue weighted by molar-refractivity contribution is -0.118. The fourth-order valence-corrected chi connectivity index (χ4v) is 3.68. The van der Waals surface area contributed by atoms with E-state index in [-0.39, 0.29) is 11.7 Å². The molecule has 0 fully saturated rings. The van der Waals surface area contributed by atoms with E-state index in [9.17, 15) is 9.90 Å². The quantitative estimate of drug-likeness (QED) is 0.925. The fourth-order valence-electron chi connectivity index (χ4n) is 2.37. The van der Waals surface area contributed by atoms with E-state index in [1.165, 1.54) is 11.8 Å². The lowest BCUT2D eigenvalue weighted by Crippen LogP contribution is -2.33. The van der Waals surface area contributed by atoms with Gasteiger partial charge in [-0.1, -0.05) is 12.1 Å². The molecule has 0 unspecified atom stereocenters. The molecule has 1 heterocycles. The number of aromatic hydroxyl groups is 1. The van der Waals surface area contributed by atoms with E-state index in [0.717, 1.165) is 10.6 Å². The molecule has 0 aromatic heterocycles. The number of anilines is 1. The van der Waals surface area contributed by atoms with Gasteiger partial charge in [0.05, 0.1) is 12.8 Å². The van der Waals surface area contributed by atoms with Gasteiger partial charge in [0.15, 0.2) is 0 Å². The van der Waals surface area contributed by atoms with E-state index in [4.69, 9.17) is 4.74 Å². The third-order valence-corrected chi connectivity index (χ3v) is 4.83. The molecule has 0 spiro atoms. The lowest BCUT2D eigenvalue weighted by atomic mass is 10.1. The minimum atomic E-state index is -0.472. The van der Waals surface area contributed by atoms with Crippen molar-refractivity contribution in [2.45, 2.75) is 10.1 Å². The zero-order valence-corrected chi connectivity index (χ0v) is 12.6. The number of hydrogen-bond acceptors (Lipinski definition) is 4. The number of likely N-dealkylation sites (N-methyl/N-ethyl adjacent to an activating group) is 1. The van der Waals surface area contributed by atoms with Crippen molar-refractivity contribution in [1.29, 1.82) is 0 Å². The highest BCUT2D eigenvalue weighted by Crippen LogP contribution is 2.48. The average molecular weight is 301 g/mol. The summed E-state index contributed by atoms with van der Waals surface area (Å²) in [6.07, 6.45) is 0. The van der Waals surface area contributed by atoms with Crippen LogP contribution in [0.25, 0.3) is 0 Å². The Morgan fingerprint density at radius 2 is 2.00 bits per heavy atom. The number of nitrogens with zero attached hydrogens (tertiary/aromatic N) is 1. The molecule has 1 atom stereocenters. The van der Waals surface area contributed by atoms with Gasteiger partial charge in [-0.15, -0.1) is 11.8 Å². The third kappa shape index (κ3) is 2.34. The van der Waals surface area contributed by atoms with Gasteiger partial charge in [-0.05, 0) is 30.3 Å². The van der Waals surface area contributed by atoms with E-state index >= 15 is 0 Å². The Kier molecular flexibility index (Phi) is 3.51. The molecule has 5 heteroatoms. The number of rotatable bonds is 2. The molecule has 21 heavy (non-hydrogen) atoms. The number of carbonyl (C=O) groups is 1. The molecule has 0 radical (unpaired) electrons. The van der Waals surface area contributed by atoms with Gasteiger partial charge in [0.2, 0.25) is 5.91 Å². The average Bonchev–Trinajstić information content (AvgIpc) is 2.52. The van der Waals surface area contributed by atoms with Crippen LogP contribution in [-0.2, 0) is 4.79 Å². The molecule has 1 aliphatic rings. The van der Waals surface area contributed by atoms with Crippen LogP contribution in [0.1, 0.15) is 10.8 Å². The minimum absolute atomic E-state index is 0.0535. The number of ether oxygens (including phenoxy) is 1. The molecule has 2 aromatic rings. The molecule has 1 amide bonds. The van der Waals surface area contributed by atoms with Crippen molar-refractivity contribution in [2.24, 2.45) is 0 Å². The Morgan fingerprint density at radius 3 is 2.76 bits per heavy atom. The van der Waals surface area contributed by atoms with Crippen molar-refractivity contribution in [3.05, 3.63) is 48.0 Å². The molecular weight excluding hydrogens is 286 g/mol. The zero-order chi connectivity index (χ0) is 15.0. The van der Waals surface area contributed by atoms with Crippen LogP contribution in [0.5, 0.6) is 11.5 Å². The zero-order valence-electron chi connectivity index (χ0n) is 11.7. The maximum atomic E-state index is 12.6. The Labute approximate surface area is 127 Å². The number of hydrogen-bond donors (Lipinski definition) is 1. The van der Waals surface area contributed by atoms with Gasteiger partial charge >= 0.3 is 0 Å². The highest BCUT2D eigenvalue weighted by Gasteiger charge is 2.34. The van der Waals surface area contributed by atoms with Gasteiger partial charge in [-0.2, -0.15) is 0 Å². The summed E-state index contributed by atoms with van der Waals surface area (Å²) in [6, 6.07) is 12.7. The molecule has 1 N–H and O–H groups in total. The van der Waals surface area contributed by atoms with Crippen LogP contribution in [0.4, 0.5) is 5.69 Å². The van der Waals surface area contributed by atoms with Crippen molar-refractivity contribution in [2.75, 3.05) is 19.1 Å². The second kappa shape index (κ2) is 5.33. The highest BCUT2D eigenvalue weighted by atomic mass is 32.2. The normalized spacial score (nSPS) is 17.5. The van der Waals surface area contributed by atoms with Gasteiger partial charge in [0.25, 0.3) is 0 Å². The Morgan fingerprint density at radius 1 is 1.24 bits per heavy atom. The summed E-state index contributed by atoms with van der Waals surface area (Å²) in [6.45, 7) is 0. The first-order chi connectivity index (χ1) is 10.1. The first kappa shape index (κ1) is 13.8. The summed E-state index contributed by atoms with van der Waals surface area (Å²) >= 11 is 1.45. The SMILES string of the molecule is COc1ccc(O)c([C@@H]2Sc3ccccc3N(C)C2=O)c1. The molecule has 4 nitrogen and oxygen atoms in total. The Bertz CT molecular complexity index is 702. The van der Waals surface area contributed by atoms with E-state index < -0.39 is 5.25 Å². The number of para-hydroxylation sites is 1. The van der Waals surface area contributed by atoms with E-state index in [2.05, 4.69) is 0 Å². The van der Waals surface area contributed by atoms with Gasteiger partial charge in [-0.25, -0.2) is 0 Å². The van der Waals surface area contributed by atoms with Crippen molar-refractivity contribution < 1.29 is 14.6 Å². The predicted molar refractivity (Wildman–Crippen MR) is 83.1 cm³/mol. The molecule has 1 aliphatic heterocycles. The summed E-state index contributed by atoms with van der Waals surface area (Å²) in [5, 5.41) is 9.62. The van der Waals surface area contributed by atoms with E-state index in [1.54, 1.807) is 37.3 Å². The number of amides is 1. The first-order valence-electron chi connectivity index (χ1n) is 6.52. The minimum Gasteiger partial charge on any atom is -0.508 e. The van der Waals surface area contributed by atoms with E-state index in [0.29, 0.717) is 11.3 Å². The molecular formula is C16H15NO3S.